The first kappa shape index (κ1) is 14.1. The molecule has 5 heteroatoms. The largest absolute Gasteiger partial charge is 0.477 e. The smallest absolute Gasteiger partial charge is 0.218 e. The van der Waals surface area contributed by atoms with Crippen molar-refractivity contribution in [3.8, 4) is 5.88 Å². The maximum Gasteiger partial charge on any atom is 0.218 e. The third kappa shape index (κ3) is 4.35. The Labute approximate surface area is 114 Å². The van der Waals surface area contributed by atoms with Gasteiger partial charge in [0.2, 0.25) is 5.88 Å². The van der Waals surface area contributed by atoms with Gasteiger partial charge in [-0.2, -0.15) is 4.98 Å². The summed E-state index contributed by atoms with van der Waals surface area (Å²) in [5, 5.41) is 3.22. The lowest BCUT2D eigenvalue weighted by Gasteiger charge is -2.12. The molecule has 2 rings (SSSR count). The Morgan fingerprint density at radius 3 is 3.00 bits per heavy atom. The molecule has 0 saturated carbocycles. The monoisotopic (exact) mass is 265 g/mol. The zero-order chi connectivity index (χ0) is 13.5. The second-order valence-corrected chi connectivity index (χ2v) is 4.83. The molecular formula is C14H23N3O2. The lowest BCUT2D eigenvalue weighted by atomic mass is 10.1. The highest BCUT2D eigenvalue weighted by molar-refractivity contribution is 5.38. The molecule has 0 spiro atoms. The minimum atomic E-state index is 0.493. The summed E-state index contributed by atoms with van der Waals surface area (Å²) in [6.45, 7) is 7.35. The third-order valence-corrected chi connectivity index (χ3v) is 3.07. The minimum Gasteiger partial charge on any atom is -0.477 e. The molecule has 1 aromatic heterocycles. The summed E-state index contributed by atoms with van der Waals surface area (Å²) in [6, 6.07) is 1.87. The molecule has 1 N–H and O–H groups in total. The van der Waals surface area contributed by atoms with Crippen molar-refractivity contribution in [2.75, 3.05) is 31.7 Å². The average molecular weight is 265 g/mol. The molecule has 1 aliphatic rings. The Hall–Kier alpha value is -1.36. The average Bonchev–Trinajstić information content (AvgIpc) is 2.90. The normalized spacial score (nSPS) is 18.5. The van der Waals surface area contributed by atoms with Crippen LogP contribution in [-0.2, 0) is 11.2 Å². The van der Waals surface area contributed by atoms with Crippen LogP contribution in [0.25, 0.3) is 0 Å². The van der Waals surface area contributed by atoms with E-state index in [1.807, 2.05) is 6.07 Å². The van der Waals surface area contributed by atoms with Gasteiger partial charge in [0.05, 0.1) is 13.2 Å². The number of hydrogen-bond donors (Lipinski definition) is 1. The van der Waals surface area contributed by atoms with E-state index >= 15 is 0 Å². The van der Waals surface area contributed by atoms with E-state index < -0.39 is 0 Å². The molecular weight excluding hydrogens is 242 g/mol. The quantitative estimate of drug-likeness (QED) is 0.819. The SMILES string of the molecule is CCCc1nc(NCC)cc(OCC2CCOC2)n1. The van der Waals surface area contributed by atoms with Crippen molar-refractivity contribution in [3.63, 3.8) is 0 Å². The lowest BCUT2D eigenvalue weighted by Crippen LogP contribution is -2.13. The van der Waals surface area contributed by atoms with E-state index in [2.05, 4.69) is 29.1 Å². The Bertz CT molecular complexity index is 368. The van der Waals surface area contributed by atoms with Gasteiger partial charge in [-0.05, 0) is 19.8 Å². The molecule has 1 fully saturated rings. The molecule has 0 aliphatic carbocycles. The van der Waals surface area contributed by atoms with Crippen molar-refractivity contribution in [1.29, 1.82) is 0 Å². The van der Waals surface area contributed by atoms with Crippen LogP contribution in [-0.4, -0.2) is 36.3 Å². The van der Waals surface area contributed by atoms with Gasteiger partial charge in [-0.15, -0.1) is 0 Å². The second kappa shape index (κ2) is 7.28. The van der Waals surface area contributed by atoms with Gasteiger partial charge in [0, 0.05) is 31.6 Å². The van der Waals surface area contributed by atoms with Crippen LogP contribution in [0, 0.1) is 5.92 Å². The van der Waals surface area contributed by atoms with Crippen LogP contribution in [0.5, 0.6) is 5.88 Å². The Kier molecular flexibility index (Phi) is 5.39. The number of nitrogens with zero attached hydrogens (tertiary/aromatic N) is 2. The highest BCUT2D eigenvalue weighted by atomic mass is 16.5. The second-order valence-electron chi connectivity index (χ2n) is 4.83. The van der Waals surface area contributed by atoms with Gasteiger partial charge in [0.25, 0.3) is 0 Å². The third-order valence-electron chi connectivity index (χ3n) is 3.07. The maximum absolute atomic E-state index is 5.79. The summed E-state index contributed by atoms with van der Waals surface area (Å²) >= 11 is 0. The van der Waals surface area contributed by atoms with Crippen LogP contribution in [0.2, 0.25) is 0 Å². The first-order valence-corrected chi connectivity index (χ1v) is 7.14. The Balaban J connectivity index is 1.99. The fourth-order valence-corrected chi connectivity index (χ4v) is 2.07. The van der Waals surface area contributed by atoms with Crippen LogP contribution in [0.3, 0.4) is 0 Å². The molecule has 1 aliphatic heterocycles. The molecule has 1 aromatic rings. The van der Waals surface area contributed by atoms with Gasteiger partial charge in [0.15, 0.2) is 0 Å². The minimum absolute atomic E-state index is 0.493. The maximum atomic E-state index is 5.79. The standard InChI is InChI=1S/C14H23N3O2/c1-3-5-12-16-13(15-4-2)8-14(17-12)19-10-11-6-7-18-9-11/h8,11H,3-7,9-10H2,1-2H3,(H,15,16,17). The molecule has 19 heavy (non-hydrogen) atoms. The van der Waals surface area contributed by atoms with Crippen molar-refractivity contribution in [3.05, 3.63) is 11.9 Å². The fraction of sp³-hybridized carbons (Fsp3) is 0.714. The van der Waals surface area contributed by atoms with Crippen molar-refractivity contribution in [2.45, 2.75) is 33.1 Å². The van der Waals surface area contributed by atoms with Crippen molar-refractivity contribution < 1.29 is 9.47 Å². The zero-order valence-corrected chi connectivity index (χ0v) is 11.8. The summed E-state index contributed by atoms with van der Waals surface area (Å²) in [5.41, 5.74) is 0. The van der Waals surface area contributed by atoms with E-state index in [4.69, 9.17) is 9.47 Å². The van der Waals surface area contributed by atoms with Gasteiger partial charge in [0.1, 0.15) is 11.6 Å². The van der Waals surface area contributed by atoms with Crippen LogP contribution in [0.4, 0.5) is 5.82 Å². The van der Waals surface area contributed by atoms with Crippen LogP contribution < -0.4 is 10.1 Å². The van der Waals surface area contributed by atoms with Crippen molar-refractivity contribution in [1.82, 2.24) is 9.97 Å². The molecule has 0 amide bonds. The van der Waals surface area contributed by atoms with E-state index in [1.54, 1.807) is 0 Å². The Morgan fingerprint density at radius 2 is 2.32 bits per heavy atom. The van der Waals surface area contributed by atoms with Crippen LogP contribution in [0.15, 0.2) is 6.07 Å². The number of aromatic nitrogens is 2. The highest BCUT2D eigenvalue weighted by Crippen LogP contribution is 2.18. The molecule has 0 bridgehead atoms. The number of hydrogen-bond acceptors (Lipinski definition) is 5. The topological polar surface area (TPSA) is 56.3 Å². The number of anilines is 1. The van der Waals surface area contributed by atoms with Gasteiger partial charge in [-0.1, -0.05) is 6.92 Å². The van der Waals surface area contributed by atoms with Gasteiger partial charge in [-0.3, -0.25) is 0 Å². The van der Waals surface area contributed by atoms with Crippen molar-refractivity contribution >= 4 is 5.82 Å². The predicted octanol–water partition coefficient (Wildman–Crippen LogP) is 2.28. The first-order valence-electron chi connectivity index (χ1n) is 7.14. The van der Waals surface area contributed by atoms with E-state index in [-0.39, 0.29) is 0 Å². The van der Waals surface area contributed by atoms with E-state index in [9.17, 15) is 0 Å². The molecule has 1 saturated heterocycles. The molecule has 5 nitrogen and oxygen atoms in total. The summed E-state index contributed by atoms with van der Waals surface area (Å²) in [5.74, 6) is 2.85. The first-order chi connectivity index (χ1) is 9.31. The van der Waals surface area contributed by atoms with Gasteiger partial charge in [-0.25, -0.2) is 4.98 Å². The predicted molar refractivity (Wildman–Crippen MR) is 74.6 cm³/mol. The summed E-state index contributed by atoms with van der Waals surface area (Å²) in [4.78, 5) is 8.92. The molecule has 0 aromatic carbocycles. The van der Waals surface area contributed by atoms with E-state index in [0.29, 0.717) is 18.4 Å². The molecule has 0 radical (unpaired) electrons. The van der Waals surface area contributed by atoms with Crippen LogP contribution >= 0.6 is 0 Å². The van der Waals surface area contributed by atoms with Gasteiger partial charge < -0.3 is 14.8 Å². The number of ether oxygens (including phenoxy) is 2. The van der Waals surface area contributed by atoms with Crippen LogP contribution in [0.1, 0.15) is 32.5 Å². The lowest BCUT2D eigenvalue weighted by molar-refractivity contribution is 0.165. The van der Waals surface area contributed by atoms with Gasteiger partial charge >= 0.3 is 0 Å². The molecule has 1 unspecified atom stereocenters. The van der Waals surface area contributed by atoms with E-state index in [1.165, 1.54) is 0 Å². The molecule has 106 valence electrons. The summed E-state index contributed by atoms with van der Waals surface area (Å²) in [7, 11) is 0. The molecule has 2 heterocycles. The van der Waals surface area contributed by atoms with E-state index in [0.717, 1.165) is 50.7 Å². The summed E-state index contributed by atoms with van der Waals surface area (Å²) in [6.07, 6.45) is 2.99. The number of rotatable bonds is 7. The van der Waals surface area contributed by atoms with Crippen molar-refractivity contribution in [2.24, 2.45) is 5.92 Å². The summed E-state index contributed by atoms with van der Waals surface area (Å²) < 4.78 is 11.1. The Morgan fingerprint density at radius 1 is 1.42 bits per heavy atom. The fourth-order valence-electron chi connectivity index (χ4n) is 2.07. The number of nitrogens with one attached hydrogen (secondary N) is 1. The number of aryl methyl sites for hydroxylation is 1. The zero-order valence-electron chi connectivity index (χ0n) is 11.8. The molecule has 1 atom stereocenters. The highest BCUT2D eigenvalue weighted by Gasteiger charge is 2.16.